The Balaban J connectivity index is 2.28. The first-order valence-corrected chi connectivity index (χ1v) is 7.04. The van der Waals surface area contributed by atoms with Gasteiger partial charge in [-0.3, -0.25) is 4.79 Å². The molecule has 1 aromatic heterocycles. The van der Waals surface area contributed by atoms with E-state index in [4.69, 9.17) is 9.84 Å². The van der Waals surface area contributed by atoms with Gasteiger partial charge in [-0.05, 0) is 0 Å². The second-order valence-electron chi connectivity index (χ2n) is 4.45. The average Bonchev–Trinajstić information content (AvgIpc) is 2.95. The average molecular weight is 289 g/mol. The molecule has 2 unspecified atom stereocenters. The van der Waals surface area contributed by atoms with Gasteiger partial charge in [0.1, 0.15) is 0 Å². The fourth-order valence-corrected chi connectivity index (χ4v) is 3.32. The van der Waals surface area contributed by atoms with E-state index in [2.05, 4.69) is 4.98 Å². The molecule has 1 aliphatic rings. The molecule has 19 heavy (non-hydrogen) atoms. The quantitative estimate of drug-likeness (QED) is 0.774. The molecule has 1 saturated heterocycles. The van der Waals surface area contributed by atoms with Crippen molar-refractivity contribution >= 4 is 16.0 Å². The standard InChI is InChI=1S/C10H15N3O5S/c1-12-3-9(11-6-12)19(16,17)13(2)8-5-18-4-7(8)10(14)15/h3,6-8H,4-5H2,1-2H3,(H,14,15). The third-order valence-corrected chi connectivity index (χ3v) is 4.93. The Kier molecular flexibility index (Phi) is 3.61. The number of carboxylic acids is 1. The van der Waals surface area contributed by atoms with Gasteiger partial charge in [-0.1, -0.05) is 0 Å². The van der Waals surface area contributed by atoms with Gasteiger partial charge in [0, 0.05) is 20.3 Å². The molecule has 0 aromatic carbocycles. The maximum absolute atomic E-state index is 12.3. The predicted molar refractivity (Wildman–Crippen MR) is 63.9 cm³/mol. The first-order chi connectivity index (χ1) is 8.84. The summed E-state index contributed by atoms with van der Waals surface area (Å²) in [5.41, 5.74) is 0. The van der Waals surface area contributed by atoms with Crippen molar-refractivity contribution in [2.45, 2.75) is 11.1 Å². The van der Waals surface area contributed by atoms with Crippen molar-refractivity contribution in [1.29, 1.82) is 0 Å². The van der Waals surface area contributed by atoms with Crippen LogP contribution in [0.15, 0.2) is 17.6 Å². The highest BCUT2D eigenvalue weighted by Crippen LogP contribution is 2.24. The second kappa shape index (κ2) is 4.91. The van der Waals surface area contributed by atoms with Gasteiger partial charge >= 0.3 is 5.97 Å². The van der Waals surface area contributed by atoms with E-state index in [-0.39, 0.29) is 18.2 Å². The van der Waals surface area contributed by atoms with Crippen LogP contribution in [0.4, 0.5) is 0 Å². The van der Waals surface area contributed by atoms with E-state index in [1.54, 1.807) is 7.05 Å². The number of imidazole rings is 1. The Morgan fingerprint density at radius 3 is 2.79 bits per heavy atom. The zero-order valence-electron chi connectivity index (χ0n) is 10.6. The van der Waals surface area contributed by atoms with Gasteiger partial charge in [-0.15, -0.1) is 0 Å². The molecule has 8 nitrogen and oxygen atoms in total. The van der Waals surface area contributed by atoms with E-state index in [1.165, 1.54) is 24.1 Å². The Bertz CT molecular complexity index is 582. The molecule has 0 aliphatic carbocycles. The Labute approximate surface area is 110 Å². The van der Waals surface area contributed by atoms with E-state index in [0.29, 0.717) is 0 Å². The molecule has 2 rings (SSSR count). The summed E-state index contributed by atoms with van der Waals surface area (Å²) < 4.78 is 32.2. The molecule has 2 heterocycles. The third kappa shape index (κ3) is 2.48. The minimum atomic E-state index is -3.81. The van der Waals surface area contributed by atoms with Crippen LogP contribution in [-0.2, 0) is 26.6 Å². The number of hydrogen-bond acceptors (Lipinski definition) is 5. The van der Waals surface area contributed by atoms with E-state index in [1.807, 2.05) is 0 Å². The number of aryl methyl sites for hydroxylation is 1. The predicted octanol–water partition coefficient (Wildman–Crippen LogP) is -0.860. The molecule has 1 N–H and O–H groups in total. The molecule has 0 radical (unpaired) electrons. The lowest BCUT2D eigenvalue weighted by Gasteiger charge is -2.24. The first kappa shape index (κ1) is 14.0. The van der Waals surface area contributed by atoms with Crippen molar-refractivity contribution in [2.75, 3.05) is 20.3 Å². The molecule has 1 fully saturated rings. The molecule has 0 saturated carbocycles. The Hall–Kier alpha value is -1.45. The van der Waals surface area contributed by atoms with Crippen LogP contribution in [0.5, 0.6) is 0 Å². The SMILES string of the molecule is CN(C1COCC1C(=O)O)S(=O)(=O)c1cn(C)cn1. The van der Waals surface area contributed by atoms with Crippen molar-refractivity contribution in [3.63, 3.8) is 0 Å². The van der Waals surface area contributed by atoms with Crippen molar-refractivity contribution < 1.29 is 23.1 Å². The van der Waals surface area contributed by atoms with Gasteiger partial charge in [0.25, 0.3) is 10.0 Å². The highest BCUT2D eigenvalue weighted by Gasteiger charge is 2.41. The van der Waals surface area contributed by atoms with Crippen LogP contribution in [0.25, 0.3) is 0 Å². The normalized spacial score (nSPS) is 23.9. The van der Waals surface area contributed by atoms with Gasteiger partial charge < -0.3 is 14.4 Å². The van der Waals surface area contributed by atoms with Crippen LogP contribution in [0, 0.1) is 5.92 Å². The van der Waals surface area contributed by atoms with Crippen LogP contribution in [-0.4, -0.2) is 59.7 Å². The van der Waals surface area contributed by atoms with E-state index in [0.717, 1.165) is 4.31 Å². The van der Waals surface area contributed by atoms with Gasteiger partial charge in [0.15, 0.2) is 5.03 Å². The lowest BCUT2D eigenvalue weighted by Crippen LogP contribution is -2.44. The van der Waals surface area contributed by atoms with Crippen molar-refractivity contribution in [2.24, 2.45) is 13.0 Å². The summed E-state index contributed by atoms with van der Waals surface area (Å²) in [5, 5.41) is 8.95. The number of carboxylic acid groups (broad SMARTS) is 1. The van der Waals surface area contributed by atoms with Crippen LogP contribution in [0.2, 0.25) is 0 Å². The molecule has 0 spiro atoms. The highest BCUT2D eigenvalue weighted by atomic mass is 32.2. The number of nitrogens with zero attached hydrogens (tertiary/aromatic N) is 3. The maximum Gasteiger partial charge on any atom is 0.310 e. The Morgan fingerprint density at radius 1 is 1.58 bits per heavy atom. The highest BCUT2D eigenvalue weighted by molar-refractivity contribution is 7.89. The minimum absolute atomic E-state index is 0.0160. The maximum atomic E-state index is 12.3. The first-order valence-electron chi connectivity index (χ1n) is 5.60. The zero-order valence-corrected chi connectivity index (χ0v) is 11.4. The summed E-state index contributed by atoms with van der Waals surface area (Å²) in [5.74, 6) is -1.92. The monoisotopic (exact) mass is 289 g/mol. The summed E-state index contributed by atoms with van der Waals surface area (Å²) in [4.78, 5) is 14.9. The number of carbonyl (C=O) groups is 1. The molecule has 2 atom stereocenters. The molecular formula is C10H15N3O5S. The topological polar surface area (TPSA) is 102 Å². The van der Waals surface area contributed by atoms with Gasteiger partial charge in [0.2, 0.25) is 0 Å². The van der Waals surface area contributed by atoms with E-state index >= 15 is 0 Å². The van der Waals surface area contributed by atoms with Gasteiger partial charge in [-0.2, -0.15) is 4.31 Å². The molecule has 0 amide bonds. The van der Waals surface area contributed by atoms with Crippen molar-refractivity contribution in [3.05, 3.63) is 12.5 Å². The number of hydrogen-bond donors (Lipinski definition) is 1. The van der Waals surface area contributed by atoms with E-state index in [9.17, 15) is 13.2 Å². The van der Waals surface area contributed by atoms with E-state index < -0.39 is 28.0 Å². The van der Waals surface area contributed by atoms with Crippen LogP contribution in [0.1, 0.15) is 0 Å². The molecule has 1 aromatic rings. The number of aliphatic carboxylic acids is 1. The van der Waals surface area contributed by atoms with Crippen LogP contribution < -0.4 is 0 Å². The molecule has 0 bridgehead atoms. The number of rotatable bonds is 4. The lowest BCUT2D eigenvalue weighted by molar-refractivity contribution is -0.142. The van der Waals surface area contributed by atoms with Crippen molar-refractivity contribution in [1.82, 2.24) is 13.9 Å². The summed E-state index contributed by atoms with van der Waals surface area (Å²) in [7, 11) is -0.806. The molecule has 106 valence electrons. The smallest absolute Gasteiger partial charge is 0.310 e. The number of aromatic nitrogens is 2. The zero-order chi connectivity index (χ0) is 14.2. The summed E-state index contributed by atoms with van der Waals surface area (Å²) in [6, 6.07) is -0.718. The van der Waals surface area contributed by atoms with Crippen LogP contribution in [0.3, 0.4) is 0 Å². The fourth-order valence-electron chi connectivity index (χ4n) is 1.99. The van der Waals surface area contributed by atoms with Crippen LogP contribution >= 0.6 is 0 Å². The second-order valence-corrected chi connectivity index (χ2v) is 6.39. The number of likely N-dealkylation sites (N-methyl/N-ethyl adjacent to an activating group) is 1. The fraction of sp³-hybridized carbons (Fsp3) is 0.600. The molecular weight excluding hydrogens is 274 g/mol. The number of ether oxygens (including phenoxy) is 1. The largest absolute Gasteiger partial charge is 0.481 e. The summed E-state index contributed by atoms with van der Waals surface area (Å²) >= 11 is 0. The summed E-state index contributed by atoms with van der Waals surface area (Å²) in [6.07, 6.45) is 2.75. The van der Waals surface area contributed by atoms with Gasteiger partial charge in [-0.25, -0.2) is 13.4 Å². The van der Waals surface area contributed by atoms with Gasteiger partial charge in [0.05, 0.1) is 31.5 Å². The Morgan fingerprint density at radius 2 is 2.26 bits per heavy atom. The molecule has 9 heteroatoms. The molecule has 1 aliphatic heterocycles. The minimum Gasteiger partial charge on any atom is -0.481 e. The third-order valence-electron chi connectivity index (χ3n) is 3.16. The van der Waals surface area contributed by atoms with Crippen molar-refractivity contribution in [3.8, 4) is 0 Å². The lowest BCUT2D eigenvalue weighted by atomic mass is 10.1. The summed E-state index contributed by atoms with van der Waals surface area (Å²) in [6.45, 7) is 0.0849. The number of sulfonamides is 1.